The van der Waals surface area contributed by atoms with Crippen LogP contribution in [-0.2, 0) is 9.59 Å². The first-order valence-corrected chi connectivity index (χ1v) is 11.5. The molecule has 0 bridgehead atoms. The van der Waals surface area contributed by atoms with E-state index in [2.05, 4.69) is 10.6 Å². The predicted octanol–water partition coefficient (Wildman–Crippen LogP) is 5.70. The maximum atomic E-state index is 13.2. The smallest absolute Gasteiger partial charge is 0.283 e. The first-order valence-electron chi connectivity index (χ1n) is 10.4. The molecule has 0 atom stereocenters. The fourth-order valence-electron chi connectivity index (χ4n) is 3.48. The molecule has 0 aromatic heterocycles. The molecule has 0 saturated carbocycles. The van der Waals surface area contributed by atoms with Gasteiger partial charge in [-0.25, -0.2) is 4.90 Å². The molecule has 2 N–H and O–H groups in total. The van der Waals surface area contributed by atoms with Gasteiger partial charge in [0.05, 0.1) is 19.9 Å². The molecule has 0 unspecified atom stereocenters. The van der Waals surface area contributed by atoms with Gasteiger partial charge in [-0.1, -0.05) is 34.8 Å². The SMILES string of the molecule is COc1ccc(OC)c(N2C(=O)C(Cl)=C(Nc3ccc(C(=O)Nc4cc(Cl)cc(Cl)c4)cc3)C2=O)c1. The Morgan fingerprint density at radius 3 is 2.08 bits per heavy atom. The third-order valence-corrected chi connectivity index (χ3v) is 5.98. The Bertz CT molecular complexity index is 1390. The van der Waals surface area contributed by atoms with Gasteiger partial charge in [-0.2, -0.15) is 0 Å². The molecule has 0 radical (unpaired) electrons. The lowest BCUT2D eigenvalue weighted by Crippen LogP contribution is -2.32. The molecule has 0 saturated heterocycles. The van der Waals surface area contributed by atoms with Crippen LogP contribution in [0.1, 0.15) is 10.4 Å². The van der Waals surface area contributed by atoms with Crippen LogP contribution in [0.15, 0.2) is 71.4 Å². The lowest BCUT2D eigenvalue weighted by molar-refractivity contribution is -0.120. The number of carbonyl (C=O) groups excluding carboxylic acids is 3. The molecule has 3 aromatic rings. The zero-order valence-corrected chi connectivity index (χ0v) is 21.2. The maximum Gasteiger partial charge on any atom is 0.283 e. The average Bonchev–Trinajstić information content (AvgIpc) is 3.06. The van der Waals surface area contributed by atoms with E-state index in [9.17, 15) is 14.4 Å². The first kappa shape index (κ1) is 25.4. The number of benzene rings is 3. The van der Waals surface area contributed by atoms with E-state index in [4.69, 9.17) is 44.3 Å². The van der Waals surface area contributed by atoms with Gasteiger partial charge in [-0.05, 0) is 54.6 Å². The molecule has 1 aliphatic heterocycles. The molecule has 184 valence electrons. The summed E-state index contributed by atoms with van der Waals surface area (Å²) < 4.78 is 10.5. The number of anilines is 3. The molecular formula is C25H18Cl3N3O5. The number of halogens is 3. The van der Waals surface area contributed by atoms with Gasteiger partial charge in [0.25, 0.3) is 17.7 Å². The maximum absolute atomic E-state index is 13.2. The standard InChI is InChI=1S/C25H18Cl3N3O5/c1-35-18-7-8-20(36-2)19(12-18)31-24(33)21(28)22(25(31)34)29-16-5-3-13(4-6-16)23(32)30-17-10-14(26)9-15(27)11-17/h3-12,29H,1-2H3,(H,30,32). The van der Waals surface area contributed by atoms with Gasteiger partial charge in [0, 0.05) is 33.0 Å². The van der Waals surface area contributed by atoms with E-state index in [1.165, 1.54) is 20.3 Å². The fourth-order valence-corrected chi connectivity index (χ4v) is 4.22. The van der Waals surface area contributed by atoms with Crippen LogP contribution in [-0.4, -0.2) is 31.9 Å². The lowest BCUT2D eigenvalue weighted by atomic mass is 10.2. The van der Waals surface area contributed by atoms with Crippen LogP contribution in [0, 0.1) is 0 Å². The van der Waals surface area contributed by atoms with Gasteiger partial charge in [0.1, 0.15) is 22.2 Å². The zero-order valence-electron chi connectivity index (χ0n) is 18.9. The van der Waals surface area contributed by atoms with Crippen molar-refractivity contribution in [2.45, 2.75) is 0 Å². The topological polar surface area (TPSA) is 97.0 Å². The van der Waals surface area contributed by atoms with Crippen LogP contribution in [0.3, 0.4) is 0 Å². The Balaban J connectivity index is 1.52. The highest BCUT2D eigenvalue weighted by atomic mass is 35.5. The van der Waals surface area contributed by atoms with Crippen molar-refractivity contribution in [2.75, 3.05) is 29.8 Å². The lowest BCUT2D eigenvalue weighted by Gasteiger charge is -2.19. The Labute approximate surface area is 221 Å². The molecule has 4 rings (SSSR count). The Hall–Kier alpha value is -3.72. The molecular weight excluding hydrogens is 529 g/mol. The highest BCUT2D eigenvalue weighted by Crippen LogP contribution is 2.38. The van der Waals surface area contributed by atoms with Crippen molar-refractivity contribution < 1.29 is 23.9 Å². The van der Waals surface area contributed by atoms with Crippen LogP contribution in [0.5, 0.6) is 11.5 Å². The number of imide groups is 1. The Morgan fingerprint density at radius 1 is 0.806 bits per heavy atom. The van der Waals surface area contributed by atoms with Crippen LogP contribution in [0.2, 0.25) is 10.0 Å². The minimum Gasteiger partial charge on any atom is -0.497 e. The number of nitrogens with one attached hydrogen (secondary N) is 2. The summed E-state index contributed by atoms with van der Waals surface area (Å²) in [4.78, 5) is 39.5. The average molecular weight is 547 g/mol. The largest absolute Gasteiger partial charge is 0.497 e. The van der Waals surface area contributed by atoms with Gasteiger partial charge >= 0.3 is 0 Å². The third kappa shape index (κ3) is 5.11. The van der Waals surface area contributed by atoms with E-state index in [1.54, 1.807) is 54.6 Å². The summed E-state index contributed by atoms with van der Waals surface area (Å²) in [6.07, 6.45) is 0. The first-order chi connectivity index (χ1) is 17.2. The summed E-state index contributed by atoms with van der Waals surface area (Å²) in [5.74, 6) is -1.05. The Morgan fingerprint density at radius 2 is 1.47 bits per heavy atom. The number of hydrogen-bond donors (Lipinski definition) is 2. The monoisotopic (exact) mass is 545 g/mol. The molecule has 0 spiro atoms. The molecule has 3 aromatic carbocycles. The summed E-state index contributed by atoms with van der Waals surface area (Å²) in [5.41, 5.74) is 1.30. The van der Waals surface area contributed by atoms with Gasteiger partial charge < -0.3 is 20.1 Å². The van der Waals surface area contributed by atoms with Crippen LogP contribution < -0.4 is 25.0 Å². The van der Waals surface area contributed by atoms with E-state index in [1.807, 2.05) is 0 Å². The van der Waals surface area contributed by atoms with Crippen LogP contribution in [0.25, 0.3) is 0 Å². The van der Waals surface area contributed by atoms with Crippen LogP contribution >= 0.6 is 34.8 Å². The summed E-state index contributed by atoms with van der Waals surface area (Å²) in [5, 5.41) is 6.06. The van der Waals surface area contributed by atoms with Crippen molar-refractivity contribution >= 4 is 69.6 Å². The van der Waals surface area contributed by atoms with Crippen LogP contribution in [0.4, 0.5) is 17.1 Å². The molecule has 36 heavy (non-hydrogen) atoms. The van der Waals surface area contributed by atoms with Crippen molar-refractivity contribution in [1.29, 1.82) is 0 Å². The van der Waals surface area contributed by atoms with Gasteiger partial charge in [0.2, 0.25) is 0 Å². The number of methoxy groups -OCH3 is 2. The van der Waals surface area contributed by atoms with E-state index >= 15 is 0 Å². The molecule has 8 nitrogen and oxygen atoms in total. The summed E-state index contributed by atoms with van der Waals surface area (Å²) in [6, 6.07) is 15.7. The highest BCUT2D eigenvalue weighted by molar-refractivity contribution is 6.53. The number of carbonyl (C=O) groups is 3. The van der Waals surface area contributed by atoms with Crippen molar-refractivity contribution in [1.82, 2.24) is 0 Å². The Kier molecular flexibility index (Phi) is 7.40. The van der Waals surface area contributed by atoms with E-state index in [-0.39, 0.29) is 22.3 Å². The van der Waals surface area contributed by atoms with Crippen molar-refractivity contribution in [3.63, 3.8) is 0 Å². The molecule has 11 heteroatoms. The second-order valence-electron chi connectivity index (χ2n) is 7.49. The third-order valence-electron chi connectivity index (χ3n) is 5.19. The molecule has 3 amide bonds. The van der Waals surface area contributed by atoms with Crippen molar-refractivity contribution in [3.05, 3.63) is 87.0 Å². The minimum atomic E-state index is -0.716. The second-order valence-corrected chi connectivity index (χ2v) is 8.74. The second kappa shape index (κ2) is 10.5. The molecule has 0 fully saturated rings. The number of hydrogen-bond acceptors (Lipinski definition) is 6. The van der Waals surface area contributed by atoms with Gasteiger partial charge in [0.15, 0.2) is 0 Å². The van der Waals surface area contributed by atoms with E-state index in [0.717, 1.165) is 4.90 Å². The van der Waals surface area contributed by atoms with Crippen molar-refractivity contribution in [3.8, 4) is 11.5 Å². The number of nitrogens with zero attached hydrogens (tertiary/aromatic N) is 1. The molecule has 1 heterocycles. The van der Waals surface area contributed by atoms with Crippen molar-refractivity contribution in [2.24, 2.45) is 0 Å². The van der Waals surface area contributed by atoms with Gasteiger partial charge in [-0.3, -0.25) is 14.4 Å². The quantitative estimate of drug-likeness (QED) is 0.369. The minimum absolute atomic E-state index is 0.114. The van der Waals surface area contributed by atoms with Gasteiger partial charge in [-0.15, -0.1) is 0 Å². The number of ether oxygens (including phenoxy) is 2. The highest BCUT2D eigenvalue weighted by Gasteiger charge is 2.40. The van der Waals surface area contributed by atoms with E-state index < -0.39 is 11.8 Å². The fraction of sp³-hybridized carbons (Fsp3) is 0.0800. The number of amides is 3. The summed E-state index contributed by atoms with van der Waals surface area (Å²) in [7, 11) is 2.88. The number of rotatable bonds is 7. The van der Waals surface area contributed by atoms with E-state index in [0.29, 0.717) is 38.5 Å². The predicted molar refractivity (Wildman–Crippen MR) is 139 cm³/mol. The molecule has 0 aliphatic carbocycles. The summed E-state index contributed by atoms with van der Waals surface area (Å²) >= 11 is 18.2. The normalized spacial score (nSPS) is 13.2. The zero-order chi connectivity index (χ0) is 26.0. The summed E-state index contributed by atoms with van der Waals surface area (Å²) in [6.45, 7) is 0. The molecule has 1 aliphatic rings.